The fourth-order valence-electron chi connectivity index (χ4n) is 1.42. The van der Waals surface area contributed by atoms with Crippen LogP contribution < -0.4 is 16.0 Å². The lowest BCUT2D eigenvalue weighted by molar-refractivity contribution is -0.118. The standard InChI is InChI=1S/C12H16FN3O4S/c1-3-14-12(18)16-11(17)7-15-10-6-8(21(2,19)20)4-5-9(10)13/h4-6,15H,3,7H2,1-2H3,(H2,14,16,17,18). The Kier molecular flexibility index (Phi) is 5.65. The van der Waals surface area contributed by atoms with Gasteiger partial charge in [-0.15, -0.1) is 0 Å². The third kappa shape index (κ3) is 5.38. The summed E-state index contributed by atoms with van der Waals surface area (Å²) in [4.78, 5) is 22.4. The molecule has 1 aromatic carbocycles. The molecule has 7 nitrogen and oxygen atoms in total. The molecule has 0 saturated heterocycles. The van der Waals surface area contributed by atoms with Crippen molar-refractivity contribution in [1.29, 1.82) is 0 Å². The molecule has 0 spiro atoms. The van der Waals surface area contributed by atoms with E-state index in [1.165, 1.54) is 0 Å². The molecule has 1 rings (SSSR count). The summed E-state index contributed by atoms with van der Waals surface area (Å²) in [6.07, 6.45) is 0.992. The van der Waals surface area contributed by atoms with Gasteiger partial charge in [0.2, 0.25) is 5.91 Å². The molecule has 0 heterocycles. The largest absolute Gasteiger partial charge is 0.374 e. The van der Waals surface area contributed by atoms with E-state index in [4.69, 9.17) is 0 Å². The minimum atomic E-state index is -3.48. The maximum Gasteiger partial charge on any atom is 0.321 e. The van der Waals surface area contributed by atoms with Crippen LogP contribution in [0.3, 0.4) is 0 Å². The first-order valence-electron chi connectivity index (χ1n) is 6.05. The van der Waals surface area contributed by atoms with Gasteiger partial charge in [-0.2, -0.15) is 0 Å². The molecule has 0 bridgehead atoms. The number of hydrogen-bond donors (Lipinski definition) is 3. The van der Waals surface area contributed by atoms with Crippen LogP contribution in [0.1, 0.15) is 6.92 Å². The quantitative estimate of drug-likeness (QED) is 0.686. The first-order valence-corrected chi connectivity index (χ1v) is 7.94. The van der Waals surface area contributed by atoms with Crippen LogP contribution in [-0.2, 0) is 14.6 Å². The van der Waals surface area contributed by atoms with E-state index >= 15 is 0 Å². The lowest BCUT2D eigenvalue weighted by Crippen LogP contribution is -2.41. The van der Waals surface area contributed by atoms with E-state index in [0.717, 1.165) is 24.5 Å². The van der Waals surface area contributed by atoms with E-state index in [2.05, 4.69) is 10.6 Å². The zero-order valence-corrected chi connectivity index (χ0v) is 12.4. The number of halogens is 1. The van der Waals surface area contributed by atoms with Crippen LogP contribution in [0.5, 0.6) is 0 Å². The zero-order chi connectivity index (χ0) is 16.0. The zero-order valence-electron chi connectivity index (χ0n) is 11.6. The first kappa shape index (κ1) is 16.9. The van der Waals surface area contributed by atoms with Crippen molar-refractivity contribution >= 4 is 27.5 Å². The summed E-state index contributed by atoms with van der Waals surface area (Å²) < 4.78 is 36.3. The molecule has 3 amide bonds. The highest BCUT2D eigenvalue weighted by Crippen LogP contribution is 2.19. The van der Waals surface area contributed by atoms with Crippen LogP contribution in [0.25, 0.3) is 0 Å². The number of hydrogen-bond acceptors (Lipinski definition) is 5. The molecule has 0 fully saturated rings. The number of urea groups is 1. The summed E-state index contributed by atoms with van der Waals surface area (Å²) in [5.41, 5.74) is -0.135. The van der Waals surface area contributed by atoms with Crippen LogP contribution in [-0.4, -0.2) is 39.7 Å². The molecule has 0 unspecified atom stereocenters. The third-order valence-electron chi connectivity index (χ3n) is 2.40. The SMILES string of the molecule is CCNC(=O)NC(=O)CNc1cc(S(C)(=O)=O)ccc1F. The Hall–Kier alpha value is -2.16. The van der Waals surface area contributed by atoms with Crippen molar-refractivity contribution in [2.75, 3.05) is 24.7 Å². The maximum absolute atomic E-state index is 13.5. The average molecular weight is 317 g/mol. The van der Waals surface area contributed by atoms with Crippen LogP contribution in [0.4, 0.5) is 14.9 Å². The molecule has 9 heteroatoms. The smallest absolute Gasteiger partial charge is 0.321 e. The normalized spacial score (nSPS) is 10.8. The maximum atomic E-state index is 13.5. The molecule has 0 aliphatic rings. The predicted molar refractivity (Wildman–Crippen MR) is 75.2 cm³/mol. The number of carbonyl (C=O) groups is 2. The number of anilines is 1. The summed E-state index contributed by atoms with van der Waals surface area (Å²) in [6, 6.07) is 2.55. The summed E-state index contributed by atoms with van der Waals surface area (Å²) >= 11 is 0. The second-order valence-corrected chi connectivity index (χ2v) is 6.19. The minimum Gasteiger partial charge on any atom is -0.374 e. The van der Waals surface area contributed by atoms with Crippen molar-refractivity contribution in [2.24, 2.45) is 0 Å². The fourth-order valence-corrected chi connectivity index (χ4v) is 2.07. The van der Waals surface area contributed by atoms with Gasteiger partial charge in [0.15, 0.2) is 9.84 Å². The van der Waals surface area contributed by atoms with Gasteiger partial charge in [0.25, 0.3) is 0 Å². The summed E-state index contributed by atoms with van der Waals surface area (Å²) in [5, 5.41) is 6.83. The van der Waals surface area contributed by atoms with Crippen molar-refractivity contribution < 1.29 is 22.4 Å². The molecule has 116 valence electrons. The highest BCUT2D eigenvalue weighted by molar-refractivity contribution is 7.90. The Balaban J connectivity index is 2.71. The van der Waals surface area contributed by atoms with Crippen molar-refractivity contribution in [3.05, 3.63) is 24.0 Å². The van der Waals surface area contributed by atoms with Gasteiger partial charge in [-0.05, 0) is 25.1 Å². The van der Waals surface area contributed by atoms with E-state index in [1.807, 2.05) is 5.32 Å². The van der Waals surface area contributed by atoms with Gasteiger partial charge < -0.3 is 10.6 Å². The van der Waals surface area contributed by atoms with Crippen LogP contribution >= 0.6 is 0 Å². The summed E-state index contributed by atoms with van der Waals surface area (Å²) in [5.74, 6) is -1.38. The number of sulfone groups is 1. The van der Waals surface area contributed by atoms with Gasteiger partial charge in [0, 0.05) is 12.8 Å². The Morgan fingerprint density at radius 1 is 1.29 bits per heavy atom. The number of nitrogens with one attached hydrogen (secondary N) is 3. The first-order chi connectivity index (χ1) is 9.74. The van der Waals surface area contributed by atoms with Crippen molar-refractivity contribution in [1.82, 2.24) is 10.6 Å². The number of carbonyl (C=O) groups excluding carboxylic acids is 2. The van der Waals surface area contributed by atoms with Crippen molar-refractivity contribution in [3.8, 4) is 0 Å². The molecule has 1 aromatic rings. The molecule has 0 radical (unpaired) electrons. The van der Waals surface area contributed by atoms with Gasteiger partial charge >= 0.3 is 6.03 Å². The van der Waals surface area contributed by atoms with E-state index < -0.39 is 27.6 Å². The second kappa shape index (κ2) is 7.02. The van der Waals surface area contributed by atoms with Gasteiger partial charge in [0.1, 0.15) is 5.82 Å². The number of imide groups is 1. The van der Waals surface area contributed by atoms with Crippen molar-refractivity contribution in [2.45, 2.75) is 11.8 Å². The van der Waals surface area contributed by atoms with E-state index in [9.17, 15) is 22.4 Å². The molecule has 0 aliphatic heterocycles. The highest BCUT2D eigenvalue weighted by atomic mass is 32.2. The fraction of sp³-hybridized carbons (Fsp3) is 0.333. The number of amides is 3. The Labute approximate surface area is 121 Å². The van der Waals surface area contributed by atoms with Gasteiger partial charge in [-0.25, -0.2) is 17.6 Å². The number of rotatable bonds is 5. The molecule has 3 N–H and O–H groups in total. The molecule has 0 aromatic heterocycles. The molecule has 0 saturated carbocycles. The Bertz CT molecular complexity index is 646. The Morgan fingerprint density at radius 3 is 2.52 bits per heavy atom. The van der Waals surface area contributed by atoms with E-state index in [0.29, 0.717) is 6.54 Å². The topological polar surface area (TPSA) is 104 Å². The molecule has 0 aliphatic carbocycles. The van der Waals surface area contributed by atoms with Gasteiger partial charge in [0.05, 0.1) is 17.1 Å². The molecular weight excluding hydrogens is 301 g/mol. The summed E-state index contributed by atoms with van der Waals surface area (Å²) in [6.45, 7) is 1.67. The van der Waals surface area contributed by atoms with E-state index in [1.54, 1.807) is 6.92 Å². The molecular formula is C12H16FN3O4S. The monoisotopic (exact) mass is 317 g/mol. The van der Waals surface area contributed by atoms with Crippen LogP contribution in [0.2, 0.25) is 0 Å². The molecule has 0 atom stereocenters. The number of benzene rings is 1. The second-order valence-electron chi connectivity index (χ2n) is 4.18. The lowest BCUT2D eigenvalue weighted by atomic mass is 10.3. The van der Waals surface area contributed by atoms with Crippen LogP contribution in [0, 0.1) is 5.82 Å². The molecule has 21 heavy (non-hydrogen) atoms. The predicted octanol–water partition coefficient (Wildman–Crippen LogP) is 0.487. The third-order valence-corrected chi connectivity index (χ3v) is 3.51. The summed E-state index contributed by atoms with van der Waals surface area (Å²) in [7, 11) is -3.48. The highest BCUT2D eigenvalue weighted by Gasteiger charge is 2.12. The van der Waals surface area contributed by atoms with Gasteiger partial charge in [-0.1, -0.05) is 0 Å². The minimum absolute atomic E-state index is 0.0736. The van der Waals surface area contributed by atoms with Crippen molar-refractivity contribution in [3.63, 3.8) is 0 Å². The van der Waals surface area contributed by atoms with Crippen LogP contribution in [0.15, 0.2) is 23.1 Å². The van der Waals surface area contributed by atoms with E-state index in [-0.39, 0.29) is 17.1 Å². The Morgan fingerprint density at radius 2 is 1.95 bits per heavy atom. The lowest BCUT2D eigenvalue weighted by Gasteiger charge is -2.09. The van der Waals surface area contributed by atoms with Gasteiger partial charge in [-0.3, -0.25) is 10.1 Å². The average Bonchev–Trinajstić information content (AvgIpc) is 2.36.